The van der Waals surface area contributed by atoms with Crippen LogP contribution in [0.3, 0.4) is 0 Å². The third-order valence-corrected chi connectivity index (χ3v) is 3.66. The molecule has 0 bridgehead atoms. The van der Waals surface area contributed by atoms with E-state index in [2.05, 4.69) is 36.1 Å². The molecule has 1 unspecified atom stereocenters. The molecule has 1 N–H and O–H groups in total. The first-order chi connectivity index (χ1) is 9.04. The molecule has 1 aliphatic rings. The van der Waals surface area contributed by atoms with Crippen LogP contribution >= 0.6 is 11.6 Å². The van der Waals surface area contributed by atoms with Crippen LogP contribution in [0.2, 0.25) is 5.15 Å². The number of aromatic nitrogens is 2. The van der Waals surface area contributed by atoms with Crippen molar-refractivity contribution in [3.63, 3.8) is 0 Å². The highest BCUT2D eigenvalue weighted by molar-refractivity contribution is 6.29. The summed E-state index contributed by atoms with van der Waals surface area (Å²) in [5, 5.41) is 3.99. The van der Waals surface area contributed by atoms with E-state index in [1.54, 1.807) is 0 Å². The fraction of sp³-hybridized carbons (Fsp3) is 0.733. The van der Waals surface area contributed by atoms with Crippen LogP contribution < -0.4 is 5.32 Å². The number of hydrogen-bond donors (Lipinski definition) is 1. The highest BCUT2D eigenvalue weighted by atomic mass is 35.5. The summed E-state index contributed by atoms with van der Waals surface area (Å²) in [6, 6.07) is 2.25. The zero-order valence-electron chi connectivity index (χ0n) is 12.1. The normalized spacial score (nSPS) is 16.7. The number of nitrogens with zero attached hydrogens (tertiary/aromatic N) is 2. The number of rotatable bonds is 7. The van der Waals surface area contributed by atoms with Gasteiger partial charge >= 0.3 is 0 Å². The Labute approximate surface area is 121 Å². The van der Waals surface area contributed by atoms with Crippen molar-refractivity contribution in [2.24, 2.45) is 5.92 Å². The van der Waals surface area contributed by atoms with Gasteiger partial charge in [-0.2, -0.15) is 0 Å². The van der Waals surface area contributed by atoms with Gasteiger partial charge in [0, 0.05) is 18.0 Å². The molecule has 0 aromatic carbocycles. The summed E-state index contributed by atoms with van der Waals surface area (Å²) in [4.78, 5) is 8.87. The molecule has 0 spiro atoms. The minimum atomic E-state index is 0.428. The van der Waals surface area contributed by atoms with Crippen LogP contribution in [0.15, 0.2) is 6.07 Å². The highest BCUT2D eigenvalue weighted by Crippen LogP contribution is 2.38. The Bertz CT molecular complexity index is 416. The van der Waals surface area contributed by atoms with Crippen LogP contribution in [0.4, 0.5) is 5.82 Å². The van der Waals surface area contributed by atoms with Crippen molar-refractivity contribution in [2.45, 2.75) is 64.8 Å². The molecule has 0 radical (unpaired) electrons. The first-order valence-corrected chi connectivity index (χ1v) is 7.73. The molecule has 1 heterocycles. The van der Waals surface area contributed by atoms with Crippen LogP contribution in [-0.2, 0) is 0 Å². The highest BCUT2D eigenvalue weighted by Gasteiger charge is 2.27. The predicted molar refractivity (Wildman–Crippen MR) is 80.8 cm³/mol. The zero-order chi connectivity index (χ0) is 13.8. The topological polar surface area (TPSA) is 37.8 Å². The van der Waals surface area contributed by atoms with Crippen molar-refractivity contribution in [1.29, 1.82) is 0 Å². The van der Waals surface area contributed by atoms with Crippen LogP contribution in [0.1, 0.15) is 64.6 Å². The Morgan fingerprint density at radius 3 is 2.63 bits per heavy atom. The van der Waals surface area contributed by atoms with Crippen molar-refractivity contribution < 1.29 is 0 Å². The second kappa shape index (κ2) is 6.56. The molecule has 4 heteroatoms. The van der Waals surface area contributed by atoms with E-state index in [0.29, 0.717) is 17.1 Å². The lowest BCUT2D eigenvalue weighted by Gasteiger charge is -2.15. The van der Waals surface area contributed by atoms with Crippen molar-refractivity contribution >= 4 is 17.4 Å². The Morgan fingerprint density at radius 1 is 1.26 bits per heavy atom. The lowest BCUT2D eigenvalue weighted by Crippen LogP contribution is -2.16. The largest absolute Gasteiger partial charge is 0.367 e. The Morgan fingerprint density at radius 2 is 2.00 bits per heavy atom. The molecule has 1 aliphatic carbocycles. The van der Waals surface area contributed by atoms with Crippen molar-refractivity contribution in [3.8, 4) is 0 Å². The van der Waals surface area contributed by atoms with Crippen molar-refractivity contribution in [3.05, 3.63) is 17.0 Å². The molecule has 1 fully saturated rings. The van der Waals surface area contributed by atoms with Gasteiger partial charge in [-0.3, -0.25) is 0 Å². The maximum Gasteiger partial charge on any atom is 0.135 e. The minimum absolute atomic E-state index is 0.428. The Balaban J connectivity index is 1.87. The lowest BCUT2D eigenvalue weighted by molar-refractivity contribution is 0.520. The molecule has 19 heavy (non-hydrogen) atoms. The lowest BCUT2D eigenvalue weighted by atomic mass is 10.0. The van der Waals surface area contributed by atoms with Gasteiger partial charge in [0.2, 0.25) is 0 Å². The van der Waals surface area contributed by atoms with E-state index in [4.69, 9.17) is 11.6 Å². The first-order valence-electron chi connectivity index (χ1n) is 7.35. The molecular formula is C15H24ClN3. The van der Waals surface area contributed by atoms with Gasteiger partial charge in [-0.15, -0.1) is 0 Å². The molecule has 1 aromatic rings. The van der Waals surface area contributed by atoms with Gasteiger partial charge < -0.3 is 5.32 Å². The molecule has 1 saturated carbocycles. The minimum Gasteiger partial charge on any atom is -0.367 e. The maximum atomic E-state index is 6.06. The third-order valence-electron chi connectivity index (χ3n) is 3.47. The van der Waals surface area contributed by atoms with Crippen LogP contribution in [0.5, 0.6) is 0 Å². The summed E-state index contributed by atoms with van der Waals surface area (Å²) in [6.45, 7) is 6.74. The SMILES string of the molecule is CC(C)CCCC(C)Nc1cc(Cl)nc(C2CC2)n1. The summed E-state index contributed by atoms with van der Waals surface area (Å²) >= 11 is 6.06. The van der Waals surface area contributed by atoms with Gasteiger partial charge in [-0.25, -0.2) is 9.97 Å². The van der Waals surface area contributed by atoms with E-state index in [9.17, 15) is 0 Å². The number of nitrogens with one attached hydrogen (secondary N) is 1. The molecule has 3 nitrogen and oxygen atoms in total. The van der Waals surface area contributed by atoms with Gasteiger partial charge in [-0.05, 0) is 32.1 Å². The average Bonchev–Trinajstić information content (AvgIpc) is 3.10. The predicted octanol–water partition coefficient (Wildman–Crippen LogP) is 4.63. The fourth-order valence-corrected chi connectivity index (χ4v) is 2.38. The number of hydrogen-bond acceptors (Lipinski definition) is 3. The Hall–Kier alpha value is -0.830. The zero-order valence-corrected chi connectivity index (χ0v) is 12.9. The first kappa shape index (κ1) is 14.6. The van der Waals surface area contributed by atoms with Crippen LogP contribution in [0.25, 0.3) is 0 Å². The van der Waals surface area contributed by atoms with E-state index >= 15 is 0 Å². The van der Waals surface area contributed by atoms with Gasteiger partial charge in [0.05, 0.1) is 0 Å². The van der Waals surface area contributed by atoms with Gasteiger partial charge in [0.25, 0.3) is 0 Å². The quantitative estimate of drug-likeness (QED) is 0.740. The van der Waals surface area contributed by atoms with E-state index in [1.165, 1.54) is 32.1 Å². The molecule has 106 valence electrons. The molecule has 0 saturated heterocycles. The molecular weight excluding hydrogens is 258 g/mol. The van der Waals surface area contributed by atoms with Crippen LogP contribution in [0, 0.1) is 5.92 Å². The van der Waals surface area contributed by atoms with Crippen LogP contribution in [-0.4, -0.2) is 16.0 Å². The second-order valence-electron chi connectivity index (χ2n) is 6.08. The van der Waals surface area contributed by atoms with Gasteiger partial charge in [-0.1, -0.05) is 38.3 Å². The molecule has 0 amide bonds. The fourth-order valence-electron chi connectivity index (χ4n) is 2.19. The second-order valence-corrected chi connectivity index (χ2v) is 6.47. The molecule has 0 aliphatic heterocycles. The van der Waals surface area contributed by atoms with Crippen molar-refractivity contribution in [1.82, 2.24) is 9.97 Å². The average molecular weight is 282 g/mol. The Kier molecular flexibility index (Phi) is 5.03. The summed E-state index contributed by atoms with van der Waals surface area (Å²) in [5.74, 6) is 3.10. The molecule has 1 atom stereocenters. The standard InChI is InChI=1S/C15H24ClN3/c1-10(2)5-4-6-11(3)17-14-9-13(16)18-15(19-14)12-7-8-12/h9-12H,4-8H2,1-3H3,(H,17,18,19). The van der Waals surface area contributed by atoms with E-state index in [-0.39, 0.29) is 0 Å². The van der Waals surface area contributed by atoms with Gasteiger partial charge in [0.15, 0.2) is 0 Å². The summed E-state index contributed by atoms with van der Waals surface area (Å²) in [6.07, 6.45) is 6.09. The molecule has 2 rings (SSSR count). The smallest absolute Gasteiger partial charge is 0.135 e. The summed E-state index contributed by atoms with van der Waals surface area (Å²) in [5.41, 5.74) is 0. The summed E-state index contributed by atoms with van der Waals surface area (Å²) in [7, 11) is 0. The van der Waals surface area contributed by atoms with Crippen molar-refractivity contribution in [2.75, 3.05) is 5.32 Å². The van der Waals surface area contributed by atoms with E-state index in [1.807, 2.05) is 6.07 Å². The third kappa shape index (κ3) is 4.98. The molecule has 1 aromatic heterocycles. The monoisotopic (exact) mass is 281 g/mol. The summed E-state index contributed by atoms with van der Waals surface area (Å²) < 4.78 is 0. The number of anilines is 1. The van der Waals surface area contributed by atoms with E-state index in [0.717, 1.165) is 17.6 Å². The maximum absolute atomic E-state index is 6.06. The van der Waals surface area contributed by atoms with E-state index < -0.39 is 0 Å². The number of halogens is 1. The van der Waals surface area contributed by atoms with Gasteiger partial charge in [0.1, 0.15) is 16.8 Å².